The predicted octanol–water partition coefficient (Wildman–Crippen LogP) is 5.36. The van der Waals surface area contributed by atoms with Gasteiger partial charge in [0.15, 0.2) is 5.82 Å². The number of nitrogens with one attached hydrogen (secondary N) is 1. The van der Waals surface area contributed by atoms with Gasteiger partial charge in [0, 0.05) is 48.3 Å². The first kappa shape index (κ1) is 25.5. The van der Waals surface area contributed by atoms with E-state index in [4.69, 9.17) is 30.8 Å². The second-order valence-corrected chi connectivity index (χ2v) is 10.2. The van der Waals surface area contributed by atoms with E-state index in [0.29, 0.717) is 17.4 Å². The zero-order chi connectivity index (χ0) is 26.8. The highest BCUT2D eigenvalue weighted by molar-refractivity contribution is 6.30. The van der Waals surface area contributed by atoms with Crippen LogP contribution in [0.25, 0.3) is 33.4 Å². The van der Waals surface area contributed by atoms with E-state index in [1.54, 1.807) is 0 Å². The van der Waals surface area contributed by atoms with Crippen LogP contribution in [-0.4, -0.2) is 62.7 Å². The molecule has 6 rings (SSSR count). The van der Waals surface area contributed by atoms with Gasteiger partial charge in [-0.1, -0.05) is 35.0 Å². The van der Waals surface area contributed by atoms with Gasteiger partial charge < -0.3 is 14.6 Å². The minimum Gasteiger partial charge on any atom is -0.379 e. The molecule has 39 heavy (non-hydrogen) atoms. The molecule has 0 spiro atoms. The molecule has 0 saturated carbocycles. The number of nitrogens with zero attached hydrogens (tertiary/aromatic N) is 6. The highest BCUT2D eigenvalue weighted by Gasteiger charge is 2.17. The lowest BCUT2D eigenvalue weighted by Crippen LogP contribution is -2.38. The van der Waals surface area contributed by atoms with Crippen LogP contribution in [0.5, 0.6) is 0 Å². The maximum atomic E-state index is 6.23. The normalized spacial score (nSPS) is 14.2. The number of aromatic nitrogens is 5. The molecule has 1 aliphatic rings. The van der Waals surface area contributed by atoms with Crippen molar-refractivity contribution in [2.24, 2.45) is 0 Å². The Kier molecular flexibility index (Phi) is 7.28. The summed E-state index contributed by atoms with van der Waals surface area (Å²) in [6.45, 7) is 9.67. The SMILES string of the molecule is Cc1noc(C)c1-c1ccc2nc(-c3cnn(CCN4CCOCC4)c3)nc(NCc3cccc(Cl)c3)c2c1. The van der Waals surface area contributed by atoms with Gasteiger partial charge in [-0.15, -0.1) is 0 Å². The van der Waals surface area contributed by atoms with Crippen molar-refractivity contribution in [2.45, 2.75) is 26.9 Å². The van der Waals surface area contributed by atoms with Crippen LogP contribution >= 0.6 is 11.6 Å². The Morgan fingerprint density at radius 3 is 2.67 bits per heavy atom. The predicted molar refractivity (Wildman–Crippen MR) is 152 cm³/mol. The van der Waals surface area contributed by atoms with Crippen molar-refractivity contribution in [1.82, 2.24) is 29.8 Å². The second-order valence-electron chi connectivity index (χ2n) is 9.76. The first-order valence-electron chi connectivity index (χ1n) is 13.1. The lowest BCUT2D eigenvalue weighted by atomic mass is 10.0. The number of benzene rings is 2. The average Bonchev–Trinajstić information content (AvgIpc) is 3.57. The third-order valence-electron chi connectivity index (χ3n) is 7.01. The summed E-state index contributed by atoms with van der Waals surface area (Å²) in [6, 6.07) is 14.0. The molecule has 3 aromatic heterocycles. The summed E-state index contributed by atoms with van der Waals surface area (Å²) >= 11 is 6.23. The second kappa shape index (κ2) is 11.1. The fourth-order valence-electron chi connectivity index (χ4n) is 4.95. The standard InChI is InChI=1S/C29H30ClN7O2/c1-19-27(20(2)39-35-19)22-6-7-26-25(15-22)29(31-16-21-4-3-5-24(30)14-21)34-28(33-26)23-17-32-37(18-23)9-8-36-10-12-38-13-11-36/h3-7,14-15,17-18H,8-13,16H2,1-2H3,(H,31,33,34). The number of hydrogen-bond donors (Lipinski definition) is 1. The maximum absolute atomic E-state index is 6.23. The molecule has 5 aromatic rings. The van der Waals surface area contributed by atoms with Gasteiger partial charge in [0.2, 0.25) is 0 Å². The van der Waals surface area contributed by atoms with E-state index in [9.17, 15) is 0 Å². The molecule has 0 atom stereocenters. The zero-order valence-electron chi connectivity index (χ0n) is 22.0. The van der Waals surface area contributed by atoms with Crippen molar-refractivity contribution in [3.8, 4) is 22.5 Å². The number of morpholine rings is 1. The summed E-state index contributed by atoms with van der Waals surface area (Å²) in [6.07, 6.45) is 3.85. The van der Waals surface area contributed by atoms with Crippen molar-refractivity contribution in [3.63, 3.8) is 0 Å². The lowest BCUT2D eigenvalue weighted by molar-refractivity contribution is 0.0360. The van der Waals surface area contributed by atoms with Crippen LogP contribution in [0.1, 0.15) is 17.0 Å². The Morgan fingerprint density at radius 2 is 1.87 bits per heavy atom. The van der Waals surface area contributed by atoms with Crippen molar-refractivity contribution in [2.75, 3.05) is 38.2 Å². The van der Waals surface area contributed by atoms with Gasteiger partial charge >= 0.3 is 0 Å². The van der Waals surface area contributed by atoms with E-state index in [0.717, 1.165) is 89.8 Å². The van der Waals surface area contributed by atoms with Crippen LogP contribution in [0.15, 0.2) is 59.4 Å². The quantitative estimate of drug-likeness (QED) is 0.279. The maximum Gasteiger partial charge on any atom is 0.165 e. The molecule has 2 aromatic carbocycles. The zero-order valence-corrected chi connectivity index (χ0v) is 22.8. The molecule has 200 valence electrons. The van der Waals surface area contributed by atoms with Crippen LogP contribution in [0.3, 0.4) is 0 Å². The number of fused-ring (bicyclic) bond motifs is 1. The Morgan fingerprint density at radius 1 is 1.00 bits per heavy atom. The molecule has 1 N–H and O–H groups in total. The van der Waals surface area contributed by atoms with Gasteiger partial charge in [0.1, 0.15) is 11.6 Å². The molecule has 1 aliphatic heterocycles. The van der Waals surface area contributed by atoms with Crippen LogP contribution in [0, 0.1) is 13.8 Å². The molecule has 0 aliphatic carbocycles. The first-order chi connectivity index (χ1) is 19.0. The number of halogens is 1. The Balaban J connectivity index is 1.33. The Hall–Kier alpha value is -3.79. The molecule has 1 saturated heterocycles. The van der Waals surface area contributed by atoms with E-state index < -0.39 is 0 Å². The minimum atomic E-state index is 0.570. The summed E-state index contributed by atoms with van der Waals surface area (Å²) in [4.78, 5) is 12.3. The summed E-state index contributed by atoms with van der Waals surface area (Å²) in [5, 5.41) is 13.9. The van der Waals surface area contributed by atoms with Gasteiger partial charge in [0.05, 0.1) is 42.7 Å². The van der Waals surface area contributed by atoms with Gasteiger partial charge in [-0.3, -0.25) is 9.58 Å². The van der Waals surface area contributed by atoms with E-state index in [1.165, 1.54) is 0 Å². The number of anilines is 1. The van der Waals surface area contributed by atoms with E-state index in [-0.39, 0.29) is 0 Å². The van der Waals surface area contributed by atoms with Gasteiger partial charge in [-0.25, -0.2) is 9.97 Å². The van der Waals surface area contributed by atoms with E-state index in [1.807, 2.05) is 61.3 Å². The summed E-state index contributed by atoms with van der Waals surface area (Å²) < 4.78 is 12.8. The van der Waals surface area contributed by atoms with Gasteiger partial charge in [0.25, 0.3) is 0 Å². The molecule has 0 amide bonds. The van der Waals surface area contributed by atoms with Crippen LogP contribution in [-0.2, 0) is 17.8 Å². The molecule has 10 heteroatoms. The first-order valence-corrected chi connectivity index (χ1v) is 13.5. The summed E-state index contributed by atoms with van der Waals surface area (Å²) in [7, 11) is 0. The molecular formula is C29H30ClN7O2. The highest BCUT2D eigenvalue weighted by atomic mass is 35.5. The third kappa shape index (κ3) is 5.66. The number of hydrogen-bond acceptors (Lipinski definition) is 8. The Labute approximate surface area is 231 Å². The monoisotopic (exact) mass is 543 g/mol. The lowest BCUT2D eigenvalue weighted by Gasteiger charge is -2.26. The fraction of sp³-hybridized carbons (Fsp3) is 0.310. The summed E-state index contributed by atoms with van der Waals surface area (Å²) in [5.41, 5.74) is 5.63. The smallest absolute Gasteiger partial charge is 0.165 e. The minimum absolute atomic E-state index is 0.570. The van der Waals surface area contributed by atoms with Crippen LogP contribution < -0.4 is 5.32 Å². The topological polar surface area (TPSA) is 94.1 Å². The summed E-state index contributed by atoms with van der Waals surface area (Å²) in [5.74, 6) is 2.14. The molecular weight excluding hydrogens is 514 g/mol. The van der Waals surface area contributed by atoms with Crippen molar-refractivity contribution < 1.29 is 9.26 Å². The number of ether oxygens (including phenoxy) is 1. The highest BCUT2D eigenvalue weighted by Crippen LogP contribution is 2.33. The van der Waals surface area contributed by atoms with Crippen molar-refractivity contribution >= 4 is 28.3 Å². The van der Waals surface area contributed by atoms with Gasteiger partial charge in [-0.2, -0.15) is 5.10 Å². The van der Waals surface area contributed by atoms with Gasteiger partial charge in [-0.05, 0) is 49.2 Å². The molecule has 9 nitrogen and oxygen atoms in total. The molecule has 1 fully saturated rings. The third-order valence-corrected chi connectivity index (χ3v) is 7.24. The van der Waals surface area contributed by atoms with Crippen molar-refractivity contribution in [3.05, 3.63) is 76.9 Å². The molecule has 0 unspecified atom stereocenters. The fourth-order valence-corrected chi connectivity index (χ4v) is 5.16. The number of aryl methyl sites for hydroxylation is 2. The van der Waals surface area contributed by atoms with Crippen LogP contribution in [0.4, 0.5) is 5.82 Å². The average molecular weight is 544 g/mol. The molecule has 4 heterocycles. The Bertz CT molecular complexity index is 1590. The van der Waals surface area contributed by atoms with Crippen molar-refractivity contribution in [1.29, 1.82) is 0 Å². The van der Waals surface area contributed by atoms with Crippen LogP contribution in [0.2, 0.25) is 5.02 Å². The largest absolute Gasteiger partial charge is 0.379 e. The van der Waals surface area contributed by atoms with E-state index in [2.05, 4.69) is 32.6 Å². The molecule has 0 bridgehead atoms. The van der Waals surface area contributed by atoms with E-state index >= 15 is 0 Å². The number of rotatable bonds is 8. The molecule has 0 radical (unpaired) electrons.